The molecule has 32 heavy (non-hydrogen) atoms. The molecule has 2 aromatic rings. The van der Waals surface area contributed by atoms with Crippen molar-refractivity contribution in [2.75, 3.05) is 20.3 Å². The molecule has 0 radical (unpaired) electrons. The van der Waals surface area contributed by atoms with Crippen molar-refractivity contribution in [3.63, 3.8) is 0 Å². The monoisotopic (exact) mass is 434 g/mol. The van der Waals surface area contributed by atoms with Crippen LogP contribution in [0, 0.1) is 0 Å². The van der Waals surface area contributed by atoms with Gasteiger partial charge >= 0.3 is 5.97 Å². The summed E-state index contributed by atoms with van der Waals surface area (Å²) < 4.78 is 16.5. The van der Waals surface area contributed by atoms with Gasteiger partial charge < -0.3 is 14.2 Å². The van der Waals surface area contributed by atoms with E-state index in [4.69, 9.17) is 14.2 Å². The summed E-state index contributed by atoms with van der Waals surface area (Å²) in [4.78, 5) is 39.1. The Hall–Kier alpha value is -3.67. The molecule has 0 unspecified atom stereocenters. The van der Waals surface area contributed by atoms with Gasteiger partial charge in [0, 0.05) is 11.1 Å². The molecule has 0 saturated heterocycles. The Kier molecular flexibility index (Phi) is 7.60. The number of fused-ring (bicyclic) bond motifs is 2. The first-order valence-electron chi connectivity index (χ1n) is 10.5. The lowest BCUT2D eigenvalue weighted by atomic mass is 9.82. The fourth-order valence-electron chi connectivity index (χ4n) is 3.54. The zero-order valence-electron chi connectivity index (χ0n) is 18.1. The van der Waals surface area contributed by atoms with E-state index in [1.165, 1.54) is 19.2 Å². The summed E-state index contributed by atoms with van der Waals surface area (Å²) in [6.45, 7) is 8.06. The fraction of sp³-hybridized carbons (Fsp3) is 0.269. The molecule has 0 bridgehead atoms. The van der Waals surface area contributed by atoms with E-state index in [0.717, 1.165) is 19.3 Å². The molecule has 0 N–H and O–H groups in total. The largest absolute Gasteiger partial charge is 0.493 e. The van der Waals surface area contributed by atoms with Gasteiger partial charge in [-0.1, -0.05) is 24.3 Å². The van der Waals surface area contributed by atoms with Crippen LogP contribution in [0.15, 0.2) is 55.6 Å². The van der Waals surface area contributed by atoms with Crippen LogP contribution in [0.2, 0.25) is 0 Å². The number of hydrogen-bond donors (Lipinski definition) is 0. The van der Waals surface area contributed by atoms with Gasteiger partial charge in [0.1, 0.15) is 11.5 Å². The van der Waals surface area contributed by atoms with Crippen molar-refractivity contribution in [1.82, 2.24) is 0 Å². The highest BCUT2D eigenvalue weighted by Crippen LogP contribution is 2.38. The van der Waals surface area contributed by atoms with Gasteiger partial charge in [-0.3, -0.25) is 9.59 Å². The van der Waals surface area contributed by atoms with Crippen molar-refractivity contribution in [2.24, 2.45) is 0 Å². The summed E-state index contributed by atoms with van der Waals surface area (Å²) >= 11 is 0. The molecule has 2 aromatic carbocycles. The summed E-state index contributed by atoms with van der Waals surface area (Å²) in [7, 11) is 1.25. The Labute approximate surface area is 187 Å². The predicted octanol–water partition coefficient (Wildman–Crippen LogP) is 4.94. The molecule has 1 aliphatic carbocycles. The molecule has 0 saturated carbocycles. The van der Waals surface area contributed by atoms with Gasteiger partial charge in [0.25, 0.3) is 0 Å². The van der Waals surface area contributed by atoms with E-state index in [-0.39, 0.29) is 45.1 Å². The summed E-state index contributed by atoms with van der Waals surface area (Å²) in [5.41, 5.74) is 0.851. The van der Waals surface area contributed by atoms with E-state index in [2.05, 4.69) is 13.2 Å². The van der Waals surface area contributed by atoms with Crippen molar-refractivity contribution < 1.29 is 28.6 Å². The van der Waals surface area contributed by atoms with Crippen molar-refractivity contribution in [1.29, 1.82) is 0 Å². The lowest BCUT2D eigenvalue weighted by molar-refractivity contribution is 0.0599. The molecule has 0 heterocycles. The molecular formula is C26H26O6. The van der Waals surface area contributed by atoms with Crippen LogP contribution in [0.25, 0.3) is 0 Å². The average Bonchev–Trinajstić information content (AvgIpc) is 2.81. The molecule has 1 aliphatic rings. The highest BCUT2D eigenvalue weighted by atomic mass is 16.5. The van der Waals surface area contributed by atoms with Crippen LogP contribution in [0.1, 0.15) is 67.9 Å². The van der Waals surface area contributed by atoms with Crippen LogP contribution < -0.4 is 9.47 Å². The van der Waals surface area contributed by atoms with E-state index in [1.807, 2.05) is 0 Å². The number of allylic oxidation sites excluding steroid dienone is 2. The second-order valence-corrected chi connectivity index (χ2v) is 7.28. The van der Waals surface area contributed by atoms with Gasteiger partial charge in [0.05, 0.1) is 37.0 Å². The molecule has 0 aliphatic heterocycles. The van der Waals surface area contributed by atoms with Gasteiger partial charge in [-0.05, 0) is 43.9 Å². The van der Waals surface area contributed by atoms with Crippen molar-refractivity contribution in [2.45, 2.75) is 25.7 Å². The average molecular weight is 434 g/mol. The Morgan fingerprint density at radius 2 is 1.50 bits per heavy atom. The van der Waals surface area contributed by atoms with Gasteiger partial charge in [0.15, 0.2) is 5.78 Å². The summed E-state index contributed by atoms with van der Waals surface area (Å²) in [5, 5.41) is 0. The maximum atomic E-state index is 13.6. The maximum absolute atomic E-state index is 13.6. The Morgan fingerprint density at radius 1 is 0.875 bits per heavy atom. The first-order valence-corrected chi connectivity index (χ1v) is 10.5. The summed E-state index contributed by atoms with van der Waals surface area (Å²) in [6.07, 6.45) is 6.50. The standard InChI is InChI=1S/C26H26O6/c1-4-6-8-13-31-20-12-10-11-18-22(20)25(28)23-19(24(18)27)15-17(26(29)30-3)16-21(23)32-14-9-7-5-2/h4-5,10-12,15-16H,1-2,6-9,13-14H2,3H3. The predicted molar refractivity (Wildman–Crippen MR) is 121 cm³/mol. The first kappa shape index (κ1) is 23.0. The molecule has 0 fully saturated rings. The molecule has 3 rings (SSSR count). The third kappa shape index (κ3) is 4.64. The number of carbonyl (C=O) groups is 3. The number of esters is 1. The normalized spacial score (nSPS) is 11.9. The highest BCUT2D eigenvalue weighted by molar-refractivity contribution is 6.30. The van der Waals surface area contributed by atoms with Gasteiger partial charge in [-0.2, -0.15) is 0 Å². The number of methoxy groups -OCH3 is 1. The van der Waals surface area contributed by atoms with Crippen LogP contribution in [0.3, 0.4) is 0 Å². The molecule has 166 valence electrons. The Bertz CT molecular complexity index is 1070. The van der Waals surface area contributed by atoms with Crippen molar-refractivity contribution in [3.05, 3.63) is 83.5 Å². The number of carbonyl (C=O) groups excluding carboxylic acids is 3. The van der Waals surface area contributed by atoms with Gasteiger partial charge in [0.2, 0.25) is 5.78 Å². The van der Waals surface area contributed by atoms with Crippen LogP contribution in [-0.4, -0.2) is 37.9 Å². The molecule has 0 amide bonds. The smallest absolute Gasteiger partial charge is 0.338 e. The van der Waals surface area contributed by atoms with Crippen molar-refractivity contribution >= 4 is 17.5 Å². The number of unbranched alkanes of at least 4 members (excludes halogenated alkanes) is 2. The van der Waals surface area contributed by atoms with Crippen LogP contribution in [-0.2, 0) is 4.74 Å². The lowest BCUT2D eigenvalue weighted by Crippen LogP contribution is -2.24. The third-order valence-corrected chi connectivity index (χ3v) is 5.11. The summed E-state index contributed by atoms with van der Waals surface area (Å²) in [6, 6.07) is 7.77. The minimum atomic E-state index is -0.617. The Balaban J connectivity index is 2.06. The molecule has 6 heteroatoms. The second kappa shape index (κ2) is 10.6. The van der Waals surface area contributed by atoms with E-state index >= 15 is 0 Å². The van der Waals surface area contributed by atoms with E-state index in [1.54, 1.807) is 30.4 Å². The zero-order chi connectivity index (χ0) is 23.1. The lowest BCUT2D eigenvalue weighted by Gasteiger charge is -2.23. The molecule has 0 atom stereocenters. The highest BCUT2D eigenvalue weighted by Gasteiger charge is 2.36. The van der Waals surface area contributed by atoms with Gasteiger partial charge in [-0.15, -0.1) is 13.2 Å². The number of ether oxygens (including phenoxy) is 3. The molecule has 0 spiro atoms. The maximum Gasteiger partial charge on any atom is 0.338 e. The Morgan fingerprint density at radius 3 is 2.12 bits per heavy atom. The summed E-state index contributed by atoms with van der Waals surface area (Å²) in [5.74, 6) is -0.825. The van der Waals surface area contributed by atoms with Crippen molar-refractivity contribution in [3.8, 4) is 11.5 Å². The number of hydrogen-bond acceptors (Lipinski definition) is 6. The van der Waals surface area contributed by atoms with E-state index < -0.39 is 5.97 Å². The second-order valence-electron chi connectivity index (χ2n) is 7.28. The number of ketones is 2. The van der Waals surface area contributed by atoms with Crippen LogP contribution in [0.4, 0.5) is 0 Å². The SMILES string of the molecule is C=CCCCOc1cccc2c1C(=O)c1c(OCCCC=C)cc(C(=O)OC)cc1C2=O. The molecule has 6 nitrogen and oxygen atoms in total. The fourth-order valence-corrected chi connectivity index (χ4v) is 3.54. The zero-order valence-corrected chi connectivity index (χ0v) is 18.1. The topological polar surface area (TPSA) is 78.9 Å². The minimum Gasteiger partial charge on any atom is -0.493 e. The quantitative estimate of drug-likeness (QED) is 0.242. The molecular weight excluding hydrogens is 408 g/mol. The van der Waals surface area contributed by atoms with E-state index in [0.29, 0.717) is 25.4 Å². The van der Waals surface area contributed by atoms with E-state index in [9.17, 15) is 14.4 Å². The van der Waals surface area contributed by atoms with Gasteiger partial charge in [-0.25, -0.2) is 4.79 Å². The number of rotatable bonds is 11. The van der Waals surface area contributed by atoms with Crippen LogP contribution >= 0.6 is 0 Å². The third-order valence-electron chi connectivity index (χ3n) is 5.11. The first-order chi connectivity index (χ1) is 15.5. The minimum absolute atomic E-state index is 0.118. The molecule has 0 aromatic heterocycles. The number of benzene rings is 2. The van der Waals surface area contributed by atoms with Crippen LogP contribution in [0.5, 0.6) is 11.5 Å².